The molecule has 1 aliphatic rings. The Morgan fingerprint density at radius 1 is 0.842 bits per heavy atom. The minimum atomic E-state index is -0.503. The number of rotatable bonds is 10. The summed E-state index contributed by atoms with van der Waals surface area (Å²) >= 11 is 0. The highest BCUT2D eigenvalue weighted by Crippen LogP contribution is 2.19. The van der Waals surface area contributed by atoms with Crippen LogP contribution in [-0.4, -0.2) is 22.4 Å². The Morgan fingerprint density at radius 3 is 2.05 bits per heavy atom. The fraction of sp³-hybridized carbons (Fsp3) is 0.765. The summed E-state index contributed by atoms with van der Waals surface area (Å²) < 4.78 is 0. The standard InChI is InChI=1S/C17H30O2/c1-2-3-4-5-6-7-8-9-10-11-15-14-16(18)12-13-17(15)19/h12-14,16-19H,2-11H2,1H3. The number of aliphatic hydroxyl groups is 2. The topological polar surface area (TPSA) is 40.5 Å². The number of hydrogen-bond acceptors (Lipinski definition) is 2. The van der Waals surface area contributed by atoms with Crippen molar-refractivity contribution in [3.63, 3.8) is 0 Å². The van der Waals surface area contributed by atoms with Crippen molar-refractivity contribution in [2.75, 3.05) is 0 Å². The van der Waals surface area contributed by atoms with Crippen molar-refractivity contribution in [1.29, 1.82) is 0 Å². The van der Waals surface area contributed by atoms with Crippen LogP contribution in [0, 0.1) is 0 Å². The van der Waals surface area contributed by atoms with Crippen LogP contribution in [0.3, 0.4) is 0 Å². The summed E-state index contributed by atoms with van der Waals surface area (Å²) in [5, 5.41) is 19.2. The lowest BCUT2D eigenvalue weighted by Gasteiger charge is -2.17. The maximum absolute atomic E-state index is 9.74. The van der Waals surface area contributed by atoms with Crippen LogP contribution in [0.1, 0.15) is 71.1 Å². The minimum absolute atomic E-state index is 0.475. The minimum Gasteiger partial charge on any atom is -0.385 e. The Kier molecular flexibility index (Phi) is 8.85. The first-order valence-electron chi connectivity index (χ1n) is 7.99. The molecule has 0 saturated heterocycles. The van der Waals surface area contributed by atoms with Gasteiger partial charge in [-0.3, -0.25) is 0 Å². The van der Waals surface area contributed by atoms with Crippen LogP contribution in [0.25, 0.3) is 0 Å². The van der Waals surface area contributed by atoms with Gasteiger partial charge < -0.3 is 10.2 Å². The summed E-state index contributed by atoms with van der Waals surface area (Å²) in [6, 6.07) is 0. The van der Waals surface area contributed by atoms with Gasteiger partial charge in [0.25, 0.3) is 0 Å². The molecular weight excluding hydrogens is 236 g/mol. The summed E-state index contributed by atoms with van der Waals surface area (Å²) in [7, 11) is 0. The van der Waals surface area contributed by atoms with E-state index in [1.54, 1.807) is 18.2 Å². The van der Waals surface area contributed by atoms with Gasteiger partial charge in [-0.05, 0) is 18.4 Å². The van der Waals surface area contributed by atoms with Crippen LogP contribution < -0.4 is 0 Å². The van der Waals surface area contributed by atoms with E-state index in [-0.39, 0.29) is 0 Å². The van der Waals surface area contributed by atoms with E-state index >= 15 is 0 Å². The quantitative estimate of drug-likeness (QED) is 0.461. The Labute approximate surface area is 118 Å². The molecule has 0 radical (unpaired) electrons. The van der Waals surface area contributed by atoms with Gasteiger partial charge in [0.1, 0.15) is 0 Å². The molecular formula is C17H30O2. The molecule has 0 aromatic carbocycles. The second kappa shape index (κ2) is 10.2. The van der Waals surface area contributed by atoms with Gasteiger partial charge in [0.05, 0.1) is 12.2 Å². The molecule has 1 rings (SSSR count). The largest absolute Gasteiger partial charge is 0.385 e. The van der Waals surface area contributed by atoms with Gasteiger partial charge in [0, 0.05) is 0 Å². The van der Waals surface area contributed by atoms with Gasteiger partial charge in [-0.2, -0.15) is 0 Å². The monoisotopic (exact) mass is 266 g/mol. The van der Waals surface area contributed by atoms with E-state index in [4.69, 9.17) is 0 Å². The molecule has 0 aromatic heterocycles. The van der Waals surface area contributed by atoms with E-state index in [1.165, 1.54) is 51.4 Å². The van der Waals surface area contributed by atoms with Crippen molar-refractivity contribution in [1.82, 2.24) is 0 Å². The molecule has 1 aliphatic carbocycles. The van der Waals surface area contributed by atoms with Crippen LogP contribution in [0.2, 0.25) is 0 Å². The second-order valence-corrected chi connectivity index (χ2v) is 5.64. The van der Waals surface area contributed by atoms with E-state index < -0.39 is 12.2 Å². The molecule has 0 saturated carbocycles. The molecule has 0 spiro atoms. The molecule has 2 atom stereocenters. The molecule has 0 bridgehead atoms. The normalized spacial score (nSPS) is 22.6. The van der Waals surface area contributed by atoms with Crippen LogP contribution in [0.15, 0.2) is 23.8 Å². The Bertz CT molecular complexity index is 281. The zero-order chi connectivity index (χ0) is 13.9. The van der Waals surface area contributed by atoms with Crippen molar-refractivity contribution in [2.24, 2.45) is 0 Å². The van der Waals surface area contributed by atoms with Gasteiger partial charge in [-0.1, -0.05) is 76.5 Å². The van der Waals surface area contributed by atoms with E-state index in [2.05, 4.69) is 6.92 Å². The molecule has 0 aromatic rings. The molecule has 2 heteroatoms. The van der Waals surface area contributed by atoms with E-state index in [0.29, 0.717) is 0 Å². The Hall–Kier alpha value is -0.600. The van der Waals surface area contributed by atoms with Crippen molar-refractivity contribution < 1.29 is 10.2 Å². The van der Waals surface area contributed by atoms with Gasteiger partial charge in [-0.15, -0.1) is 0 Å². The Morgan fingerprint density at radius 2 is 1.42 bits per heavy atom. The highest BCUT2D eigenvalue weighted by atomic mass is 16.3. The third-order valence-corrected chi connectivity index (χ3v) is 3.82. The predicted molar refractivity (Wildman–Crippen MR) is 81.1 cm³/mol. The van der Waals surface area contributed by atoms with E-state index in [0.717, 1.165) is 18.4 Å². The smallest absolute Gasteiger partial charge is 0.0933 e. The fourth-order valence-electron chi connectivity index (χ4n) is 2.59. The van der Waals surface area contributed by atoms with Crippen molar-refractivity contribution >= 4 is 0 Å². The van der Waals surface area contributed by atoms with Crippen molar-refractivity contribution in [2.45, 2.75) is 83.3 Å². The summed E-state index contributed by atoms with van der Waals surface area (Å²) in [4.78, 5) is 0. The zero-order valence-corrected chi connectivity index (χ0v) is 12.4. The van der Waals surface area contributed by atoms with Crippen LogP contribution in [-0.2, 0) is 0 Å². The highest BCUT2D eigenvalue weighted by molar-refractivity contribution is 5.24. The Balaban J connectivity index is 1.96. The van der Waals surface area contributed by atoms with Gasteiger partial charge in [-0.25, -0.2) is 0 Å². The zero-order valence-electron chi connectivity index (χ0n) is 12.4. The molecule has 2 N–H and O–H groups in total. The fourth-order valence-corrected chi connectivity index (χ4v) is 2.59. The number of aliphatic hydroxyl groups excluding tert-OH is 2. The lowest BCUT2D eigenvalue weighted by atomic mass is 9.95. The van der Waals surface area contributed by atoms with Gasteiger partial charge >= 0.3 is 0 Å². The second-order valence-electron chi connectivity index (χ2n) is 5.64. The van der Waals surface area contributed by atoms with E-state index in [1.807, 2.05) is 0 Å². The van der Waals surface area contributed by atoms with Crippen molar-refractivity contribution in [3.8, 4) is 0 Å². The SMILES string of the molecule is CCCCCCCCCCCC1=CC(O)C=CC1O. The maximum atomic E-state index is 9.74. The van der Waals surface area contributed by atoms with Crippen LogP contribution in [0.5, 0.6) is 0 Å². The molecule has 110 valence electrons. The molecule has 19 heavy (non-hydrogen) atoms. The third kappa shape index (κ3) is 7.54. The summed E-state index contributed by atoms with van der Waals surface area (Å²) in [6.45, 7) is 2.25. The third-order valence-electron chi connectivity index (χ3n) is 3.82. The molecule has 0 aliphatic heterocycles. The van der Waals surface area contributed by atoms with Gasteiger partial charge in [0.2, 0.25) is 0 Å². The van der Waals surface area contributed by atoms with Gasteiger partial charge in [0.15, 0.2) is 0 Å². The molecule has 0 amide bonds. The van der Waals surface area contributed by atoms with Crippen molar-refractivity contribution in [3.05, 3.63) is 23.8 Å². The molecule has 0 heterocycles. The predicted octanol–water partition coefficient (Wildman–Crippen LogP) is 4.13. The average molecular weight is 266 g/mol. The van der Waals surface area contributed by atoms with Crippen LogP contribution >= 0.6 is 0 Å². The highest BCUT2D eigenvalue weighted by Gasteiger charge is 2.13. The van der Waals surface area contributed by atoms with Crippen LogP contribution in [0.4, 0.5) is 0 Å². The summed E-state index contributed by atoms with van der Waals surface area (Å²) in [6.07, 6.45) is 16.9. The lowest BCUT2D eigenvalue weighted by molar-refractivity contribution is 0.226. The first kappa shape index (κ1) is 16.5. The average Bonchev–Trinajstić information content (AvgIpc) is 2.40. The first-order valence-corrected chi connectivity index (χ1v) is 7.99. The van der Waals surface area contributed by atoms with E-state index in [9.17, 15) is 10.2 Å². The number of unbranched alkanes of at least 4 members (excludes halogenated alkanes) is 8. The summed E-state index contributed by atoms with van der Waals surface area (Å²) in [5.74, 6) is 0. The molecule has 2 unspecified atom stereocenters. The molecule has 2 nitrogen and oxygen atoms in total. The summed E-state index contributed by atoms with van der Waals surface area (Å²) in [5.41, 5.74) is 0.984. The lowest BCUT2D eigenvalue weighted by Crippen LogP contribution is -2.15. The molecule has 0 fully saturated rings. The number of hydrogen-bond donors (Lipinski definition) is 2. The first-order chi connectivity index (χ1) is 9.24. The maximum Gasteiger partial charge on any atom is 0.0933 e.